The van der Waals surface area contributed by atoms with E-state index >= 15 is 0 Å². The molecule has 0 aliphatic carbocycles. The summed E-state index contributed by atoms with van der Waals surface area (Å²) in [6, 6.07) is 3.54. The first-order valence-corrected chi connectivity index (χ1v) is 10.8. The predicted molar refractivity (Wildman–Crippen MR) is 112 cm³/mol. The van der Waals surface area contributed by atoms with E-state index in [0.29, 0.717) is 43.4 Å². The lowest BCUT2D eigenvalue weighted by Crippen LogP contribution is -2.51. The van der Waals surface area contributed by atoms with Gasteiger partial charge in [0.25, 0.3) is 5.91 Å². The molecule has 7 nitrogen and oxygen atoms in total. The number of hydrogen-bond donors (Lipinski definition) is 0. The molecule has 0 saturated carbocycles. The lowest BCUT2D eigenvalue weighted by molar-refractivity contribution is -0.164. The van der Waals surface area contributed by atoms with Crippen molar-refractivity contribution in [3.8, 4) is 11.5 Å². The monoisotopic (exact) mass is 471 g/mol. The largest absolute Gasteiger partial charge is 0.490 e. The second kappa shape index (κ2) is 10.8. The van der Waals surface area contributed by atoms with E-state index in [-0.39, 0.29) is 24.5 Å². The number of hydrogen-bond acceptors (Lipinski definition) is 6. The normalized spacial score (nSPS) is 20.1. The van der Waals surface area contributed by atoms with Crippen LogP contribution in [0.25, 0.3) is 0 Å². The van der Waals surface area contributed by atoms with Gasteiger partial charge in [0.05, 0.1) is 31.8 Å². The van der Waals surface area contributed by atoms with Crippen LogP contribution in [0, 0.1) is 0 Å². The molecule has 3 unspecified atom stereocenters. The number of carbonyl (C=O) groups excluding carboxylic acids is 2. The van der Waals surface area contributed by atoms with Crippen LogP contribution in [0.5, 0.6) is 11.5 Å². The van der Waals surface area contributed by atoms with Crippen molar-refractivity contribution in [2.45, 2.75) is 59.4 Å². The van der Waals surface area contributed by atoms with E-state index in [0.717, 1.165) is 4.47 Å². The molecule has 8 heteroatoms. The molecule has 1 aliphatic rings. The van der Waals surface area contributed by atoms with Gasteiger partial charge in [-0.2, -0.15) is 0 Å². The first-order chi connectivity index (χ1) is 13.7. The number of amides is 1. The van der Waals surface area contributed by atoms with E-state index in [2.05, 4.69) is 15.9 Å². The summed E-state index contributed by atoms with van der Waals surface area (Å²) in [7, 11) is 0. The van der Waals surface area contributed by atoms with Gasteiger partial charge in [-0.25, -0.2) is 0 Å². The zero-order valence-electron chi connectivity index (χ0n) is 17.7. The van der Waals surface area contributed by atoms with Crippen LogP contribution in [0.4, 0.5) is 0 Å². The molecule has 0 bridgehead atoms. The number of benzene rings is 1. The lowest BCUT2D eigenvalue weighted by atomic mass is 10.1. The summed E-state index contributed by atoms with van der Waals surface area (Å²) in [5.41, 5.74) is 0.704. The molecule has 0 radical (unpaired) electrons. The van der Waals surface area contributed by atoms with Crippen molar-refractivity contribution in [2.75, 3.05) is 26.3 Å². The Morgan fingerprint density at radius 3 is 2.24 bits per heavy atom. The third kappa shape index (κ3) is 6.60. The van der Waals surface area contributed by atoms with Crippen LogP contribution >= 0.6 is 15.9 Å². The van der Waals surface area contributed by atoms with Crippen molar-refractivity contribution in [1.29, 1.82) is 0 Å². The van der Waals surface area contributed by atoms with Crippen LogP contribution in [0.1, 0.15) is 40.2 Å². The molecule has 1 aliphatic heterocycles. The zero-order chi connectivity index (χ0) is 21.6. The fraction of sp³-hybridized carbons (Fsp3) is 0.619. The number of halogens is 1. The van der Waals surface area contributed by atoms with E-state index in [9.17, 15) is 9.59 Å². The molecule has 1 aromatic rings. The van der Waals surface area contributed by atoms with Crippen molar-refractivity contribution in [1.82, 2.24) is 4.90 Å². The molecule has 2 rings (SSSR count). The van der Waals surface area contributed by atoms with Crippen molar-refractivity contribution >= 4 is 27.8 Å². The average molecular weight is 472 g/mol. The standard InChI is InChI=1S/C21H30BrNO6/c1-6-26-18-8-16(17(22)10-19(18)27-7-2)9-20(24)29-15(5)21(25)23-11-13(3)28-14(4)12-23/h8,10,13-15H,6-7,9,11-12H2,1-5H3. The predicted octanol–water partition coefficient (Wildman–Crippen LogP) is 3.36. The van der Waals surface area contributed by atoms with Gasteiger partial charge in [-0.05, 0) is 52.3 Å². The van der Waals surface area contributed by atoms with Gasteiger partial charge in [-0.1, -0.05) is 15.9 Å². The zero-order valence-corrected chi connectivity index (χ0v) is 19.3. The molecule has 0 aromatic heterocycles. The number of ether oxygens (including phenoxy) is 4. The second-order valence-electron chi connectivity index (χ2n) is 7.07. The highest BCUT2D eigenvalue weighted by atomic mass is 79.9. The van der Waals surface area contributed by atoms with Gasteiger partial charge in [-0.3, -0.25) is 9.59 Å². The minimum atomic E-state index is -0.854. The Morgan fingerprint density at radius 1 is 1.14 bits per heavy atom. The molecule has 1 amide bonds. The fourth-order valence-electron chi connectivity index (χ4n) is 3.31. The molecular formula is C21H30BrNO6. The number of esters is 1. The molecule has 0 spiro atoms. The maximum Gasteiger partial charge on any atom is 0.311 e. The van der Waals surface area contributed by atoms with Gasteiger partial charge in [0.1, 0.15) is 0 Å². The van der Waals surface area contributed by atoms with Crippen LogP contribution in [0.3, 0.4) is 0 Å². The van der Waals surface area contributed by atoms with Crippen LogP contribution in [-0.4, -0.2) is 61.4 Å². The maximum absolute atomic E-state index is 12.6. The van der Waals surface area contributed by atoms with Gasteiger partial charge in [0, 0.05) is 17.6 Å². The number of nitrogens with zero attached hydrogens (tertiary/aromatic N) is 1. The van der Waals surface area contributed by atoms with Crippen LogP contribution in [-0.2, 0) is 25.5 Å². The van der Waals surface area contributed by atoms with Gasteiger partial charge >= 0.3 is 5.97 Å². The van der Waals surface area contributed by atoms with Crippen LogP contribution < -0.4 is 9.47 Å². The van der Waals surface area contributed by atoms with Gasteiger partial charge in [-0.15, -0.1) is 0 Å². The van der Waals surface area contributed by atoms with Crippen LogP contribution in [0.2, 0.25) is 0 Å². The van der Waals surface area contributed by atoms with E-state index in [1.807, 2.05) is 27.7 Å². The number of morpholine rings is 1. The van der Waals surface area contributed by atoms with Gasteiger partial charge in [0.15, 0.2) is 17.6 Å². The van der Waals surface area contributed by atoms with Crippen LogP contribution in [0.15, 0.2) is 16.6 Å². The Kier molecular flexibility index (Phi) is 8.77. The van der Waals surface area contributed by atoms with Crippen molar-refractivity contribution < 1.29 is 28.5 Å². The van der Waals surface area contributed by atoms with E-state index in [4.69, 9.17) is 18.9 Å². The van der Waals surface area contributed by atoms with E-state index in [1.165, 1.54) is 0 Å². The highest BCUT2D eigenvalue weighted by Crippen LogP contribution is 2.34. The highest BCUT2D eigenvalue weighted by molar-refractivity contribution is 9.10. The maximum atomic E-state index is 12.6. The molecule has 1 aromatic carbocycles. The average Bonchev–Trinajstić information content (AvgIpc) is 2.64. The SMILES string of the molecule is CCOc1cc(Br)c(CC(=O)OC(C)C(=O)N2CC(C)OC(C)C2)cc1OCC. The Balaban J connectivity index is 2.02. The minimum Gasteiger partial charge on any atom is -0.490 e. The molecular weight excluding hydrogens is 442 g/mol. The molecule has 1 saturated heterocycles. The Morgan fingerprint density at radius 2 is 1.69 bits per heavy atom. The summed E-state index contributed by atoms with van der Waals surface area (Å²) in [6.45, 7) is 11.2. The first kappa shape index (κ1) is 23.5. The molecule has 1 heterocycles. The van der Waals surface area contributed by atoms with Crippen molar-refractivity contribution in [3.63, 3.8) is 0 Å². The fourth-order valence-corrected chi connectivity index (χ4v) is 3.77. The first-order valence-electron chi connectivity index (χ1n) is 9.96. The number of carbonyl (C=O) groups is 2. The van der Waals surface area contributed by atoms with Crippen molar-refractivity contribution in [3.05, 3.63) is 22.2 Å². The third-order valence-electron chi connectivity index (χ3n) is 4.43. The second-order valence-corrected chi connectivity index (χ2v) is 7.92. The van der Waals surface area contributed by atoms with E-state index in [1.54, 1.807) is 24.0 Å². The summed E-state index contributed by atoms with van der Waals surface area (Å²) < 4.78 is 23.0. The Bertz CT molecular complexity index is 715. The molecule has 3 atom stereocenters. The Labute approximate surface area is 180 Å². The molecule has 162 valence electrons. The van der Waals surface area contributed by atoms with Gasteiger partial charge in [0.2, 0.25) is 0 Å². The summed E-state index contributed by atoms with van der Waals surface area (Å²) in [4.78, 5) is 26.8. The smallest absolute Gasteiger partial charge is 0.311 e. The third-order valence-corrected chi connectivity index (χ3v) is 5.17. The highest BCUT2D eigenvalue weighted by Gasteiger charge is 2.30. The van der Waals surface area contributed by atoms with Gasteiger partial charge < -0.3 is 23.8 Å². The molecule has 0 N–H and O–H groups in total. The quantitative estimate of drug-likeness (QED) is 0.541. The minimum absolute atomic E-state index is 0.0145. The lowest BCUT2D eigenvalue weighted by Gasteiger charge is -2.36. The summed E-state index contributed by atoms with van der Waals surface area (Å²) in [5.74, 6) is 0.492. The molecule has 29 heavy (non-hydrogen) atoms. The molecule has 1 fully saturated rings. The number of rotatable bonds is 8. The topological polar surface area (TPSA) is 74.3 Å². The van der Waals surface area contributed by atoms with E-state index < -0.39 is 12.1 Å². The Hall–Kier alpha value is -1.80. The summed E-state index contributed by atoms with van der Waals surface area (Å²) in [5, 5.41) is 0. The van der Waals surface area contributed by atoms with Crippen molar-refractivity contribution in [2.24, 2.45) is 0 Å². The summed E-state index contributed by atoms with van der Waals surface area (Å²) >= 11 is 3.47. The summed E-state index contributed by atoms with van der Waals surface area (Å²) in [6.07, 6.45) is -0.918.